The summed E-state index contributed by atoms with van der Waals surface area (Å²) in [6, 6.07) is 24.8. The standard InChI is InChI=1S/C25H23N3O2/c1-2-15-26-24(29)18-13-14-20-21(16-18)28-25(30)22(20)23(17-9-5-3-6-10-17)27-19-11-7-4-8-12-19/h3-14,16,27H,2,15H2,1H3,(H,26,29)(H,28,30)/b23-22-. The number of carbonyl (C=O) groups is 2. The fraction of sp³-hybridized carbons (Fsp3) is 0.120. The van der Waals surface area contributed by atoms with Crippen LogP contribution >= 0.6 is 0 Å². The summed E-state index contributed by atoms with van der Waals surface area (Å²) in [6.45, 7) is 2.62. The van der Waals surface area contributed by atoms with Crippen molar-refractivity contribution in [1.82, 2.24) is 5.32 Å². The van der Waals surface area contributed by atoms with Crippen molar-refractivity contribution in [3.05, 3.63) is 95.6 Å². The van der Waals surface area contributed by atoms with E-state index in [9.17, 15) is 9.59 Å². The van der Waals surface area contributed by atoms with E-state index in [0.29, 0.717) is 23.4 Å². The number of nitrogens with one attached hydrogen (secondary N) is 3. The Morgan fingerprint density at radius 1 is 0.900 bits per heavy atom. The number of benzene rings is 3. The second-order valence-corrected chi connectivity index (χ2v) is 7.08. The minimum Gasteiger partial charge on any atom is -0.354 e. The van der Waals surface area contributed by atoms with Crippen molar-refractivity contribution in [3.8, 4) is 0 Å². The molecule has 0 fully saturated rings. The molecule has 5 nitrogen and oxygen atoms in total. The van der Waals surface area contributed by atoms with Crippen LogP contribution in [0.15, 0.2) is 78.9 Å². The van der Waals surface area contributed by atoms with Crippen molar-refractivity contribution in [1.29, 1.82) is 0 Å². The van der Waals surface area contributed by atoms with Crippen LogP contribution in [0.3, 0.4) is 0 Å². The lowest BCUT2D eigenvalue weighted by Gasteiger charge is -2.14. The molecule has 3 N–H and O–H groups in total. The van der Waals surface area contributed by atoms with E-state index >= 15 is 0 Å². The Morgan fingerprint density at radius 2 is 1.60 bits per heavy atom. The normalized spacial score (nSPS) is 14.0. The molecule has 2 amide bonds. The number of carbonyl (C=O) groups excluding carboxylic acids is 2. The van der Waals surface area contributed by atoms with E-state index in [-0.39, 0.29) is 11.8 Å². The molecule has 0 saturated carbocycles. The Bertz CT molecular complexity index is 1110. The van der Waals surface area contributed by atoms with Gasteiger partial charge in [0.15, 0.2) is 0 Å². The van der Waals surface area contributed by atoms with Crippen LogP contribution in [0.4, 0.5) is 11.4 Å². The first-order chi connectivity index (χ1) is 14.7. The zero-order valence-corrected chi connectivity index (χ0v) is 16.7. The van der Waals surface area contributed by atoms with Crippen molar-refractivity contribution < 1.29 is 9.59 Å². The molecule has 5 heteroatoms. The number of anilines is 2. The van der Waals surface area contributed by atoms with Gasteiger partial charge in [0.05, 0.1) is 11.3 Å². The van der Waals surface area contributed by atoms with Gasteiger partial charge in [0.25, 0.3) is 11.8 Å². The Kier molecular flexibility index (Phi) is 5.61. The average Bonchev–Trinajstić information content (AvgIpc) is 3.11. The second-order valence-electron chi connectivity index (χ2n) is 7.08. The predicted molar refractivity (Wildman–Crippen MR) is 121 cm³/mol. The molecule has 1 aliphatic rings. The first kappa shape index (κ1) is 19.5. The van der Waals surface area contributed by atoms with Gasteiger partial charge in [0, 0.05) is 29.0 Å². The molecular weight excluding hydrogens is 374 g/mol. The van der Waals surface area contributed by atoms with Gasteiger partial charge in [-0.2, -0.15) is 0 Å². The molecule has 0 spiro atoms. The fourth-order valence-corrected chi connectivity index (χ4v) is 3.45. The predicted octanol–water partition coefficient (Wildman–Crippen LogP) is 4.76. The first-order valence-electron chi connectivity index (χ1n) is 10.0. The monoisotopic (exact) mass is 397 g/mol. The molecule has 0 saturated heterocycles. The smallest absolute Gasteiger partial charge is 0.258 e. The number of hydrogen-bond acceptors (Lipinski definition) is 3. The molecular formula is C25H23N3O2. The van der Waals surface area contributed by atoms with Gasteiger partial charge in [-0.3, -0.25) is 9.59 Å². The van der Waals surface area contributed by atoms with Crippen LogP contribution in [0.2, 0.25) is 0 Å². The third kappa shape index (κ3) is 3.96. The van der Waals surface area contributed by atoms with Crippen LogP contribution in [0.25, 0.3) is 11.3 Å². The Balaban J connectivity index is 1.79. The summed E-state index contributed by atoms with van der Waals surface area (Å²) in [6.07, 6.45) is 0.867. The molecule has 0 radical (unpaired) electrons. The van der Waals surface area contributed by atoms with Crippen LogP contribution < -0.4 is 16.0 Å². The molecule has 0 aromatic heterocycles. The Morgan fingerprint density at radius 3 is 2.30 bits per heavy atom. The van der Waals surface area contributed by atoms with E-state index < -0.39 is 0 Å². The van der Waals surface area contributed by atoms with Crippen molar-refractivity contribution in [3.63, 3.8) is 0 Å². The molecule has 3 aromatic rings. The van der Waals surface area contributed by atoms with E-state index in [0.717, 1.165) is 28.9 Å². The van der Waals surface area contributed by atoms with E-state index in [1.165, 1.54) is 0 Å². The van der Waals surface area contributed by atoms with E-state index in [4.69, 9.17) is 0 Å². The van der Waals surface area contributed by atoms with Crippen LogP contribution in [0.5, 0.6) is 0 Å². The molecule has 1 aliphatic heterocycles. The SMILES string of the molecule is CCCNC(=O)c1ccc2c(c1)NC(=O)/C2=C(\Nc1ccccc1)c1ccccc1. The highest BCUT2D eigenvalue weighted by Gasteiger charge is 2.29. The van der Waals surface area contributed by atoms with Crippen LogP contribution in [-0.2, 0) is 4.79 Å². The number of amides is 2. The van der Waals surface area contributed by atoms with Crippen LogP contribution in [0.1, 0.15) is 34.8 Å². The summed E-state index contributed by atoms with van der Waals surface area (Å²) >= 11 is 0. The maximum absolute atomic E-state index is 13.0. The molecule has 150 valence electrons. The van der Waals surface area contributed by atoms with Crippen molar-refractivity contribution in [2.45, 2.75) is 13.3 Å². The average molecular weight is 397 g/mol. The van der Waals surface area contributed by atoms with Gasteiger partial charge in [0.1, 0.15) is 0 Å². The van der Waals surface area contributed by atoms with Crippen molar-refractivity contribution in [2.75, 3.05) is 17.2 Å². The maximum atomic E-state index is 13.0. The number of rotatable bonds is 6. The minimum absolute atomic E-state index is 0.142. The molecule has 0 aliphatic carbocycles. The topological polar surface area (TPSA) is 70.2 Å². The number of hydrogen-bond donors (Lipinski definition) is 3. The number of para-hydroxylation sites is 1. The zero-order valence-electron chi connectivity index (χ0n) is 16.7. The van der Waals surface area contributed by atoms with Crippen molar-refractivity contribution >= 4 is 34.5 Å². The number of fused-ring (bicyclic) bond motifs is 1. The molecule has 3 aromatic carbocycles. The lowest BCUT2D eigenvalue weighted by atomic mass is 9.99. The highest BCUT2D eigenvalue weighted by Crippen LogP contribution is 2.38. The lowest BCUT2D eigenvalue weighted by Crippen LogP contribution is -2.23. The van der Waals surface area contributed by atoms with E-state index in [1.54, 1.807) is 12.1 Å². The molecule has 0 atom stereocenters. The quantitative estimate of drug-likeness (QED) is 0.525. The highest BCUT2D eigenvalue weighted by molar-refractivity contribution is 6.37. The maximum Gasteiger partial charge on any atom is 0.258 e. The molecule has 0 unspecified atom stereocenters. The lowest BCUT2D eigenvalue weighted by molar-refractivity contribution is -0.110. The molecule has 0 bridgehead atoms. The molecule has 4 rings (SSSR count). The van der Waals surface area contributed by atoms with Gasteiger partial charge in [-0.25, -0.2) is 0 Å². The first-order valence-corrected chi connectivity index (χ1v) is 10.0. The van der Waals surface area contributed by atoms with Gasteiger partial charge < -0.3 is 16.0 Å². The van der Waals surface area contributed by atoms with Crippen LogP contribution in [0, 0.1) is 0 Å². The Hall–Kier alpha value is -3.86. The summed E-state index contributed by atoms with van der Waals surface area (Å²) in [4.78, 5) is 25.3. The summed E-state index contributed by atoms with van der Waals surface area (Å²) in [7, 11) is 0. The summed E-state index contributed by atoms with van der Waals surface area (Å²) in [5.41, 5.74) is 5.02. The third-order valence-corrected chi connectivity index (χ3v) is 4.92. The van der Waals surface area contributed by atoms with Crippen molar-refractivity contribution in [2.24, 2.45) is 0 Å². The fourth-order valence-electron chi connectivity index (χ4n) is 3.45. The van der Waals surface area contributed by atoms with Gasteiger partial charge in [-0.05, 0) is 36.2 Å². The van der Waals surface area contributed by atoms with Gasteiger partial charge >= 0.3 is 0 Å². The third-order valence-electron chi connectivity index (χ3n) is 4.92. The minimum atomic E-state index is -0.196. The summed E-state index contributed by atoms with van der Waals surface area (Å²) in [5.74, 6) is -0.338. The van der Waals surface area contributed by atoms with Crippen LogP contribution in [-0.4, -0.2) is 18.4 Å². The van der Waals surface area contributed by atoms with Gasteiger partial charge in [0.2, 0.25) is 0 Å². The molecule has 30 heavy (non-hydrogen) atoms. The highest BCUT2D eigenvalue weighted by atomic mass is 16.2. The van der Waals surface area contributed by atoms with Gasteiger partial charge in [-0.1, -0.05) is 61.5 Å². The van der Waals surface area contributed by atoms with Gasteiger partial charge in [-0.15, -0.1) is 0 Å². The second kappa shape index (κ2) is 8.66. The largest absolute Gasteiger partial charge is 0.354 e. The molecule has 1 heterocycles. The zero-order chi connectivity index (χ0) is 20.9. The summed E-state index contributed by atoms with van der Waals surface area (Å²) in [5, 5.41) is 9.20. The van der Waals surface area contributed by atoms with E-state index in [2.05, 4.69) is 16.0 Å². The van der Waals surface area contributed by atoms with E-state index in [1.807, 2.05) is 73.7 Å². The summed E-state index contributed by atoms with van der Waals surface area (Å²) < 4.78 is 0. The Labute approximate surface area is 175 Å².